The number of amides is 1. The Morgan fingerprint density at radius 1 is 1.18 bits per heavy atom. The maximum atomic E-state index is 12.4. The highest BCUT2D eigenvalue weighted by atomic mass is 127. The molecule has 0 aliphatic carbocycles. The average Bonchev–Trinajstić information content (AvgIpc) is 2.32. The molecule has 1 aromatic carbocycles. The van der Waals surface area contributed by atoms with E-state index in [-0.39, 0.29) is 11.6 Å². The van der Waals surface area contributed by atoms with Crippen LogP contribution in [-0.2, 0) is 4.74 Å². The topological polar surface area (TPSA) is 41.6 Å². The van der Waals surface area contributed by atoms with E-state index in [9.17, 15) is 4.79 Å². The van der Waals surface area contributed by atoms with E-state index in [2.05, 4.69) is 34.0 Å². The van der Waals surface area contributed by atoms with Crippen LogP contribution in [0.1, 0.15) is 41.5 Å². The lowest BCUT2D eigenvalue weighted by atomic mass is 10.1. The molecule has 0 unspecified atom stereocenters. The molecule has 0 aliphatic rings. The van der Waals surface area contributed by atoms with Gasteiger partial charge in [0.15, 0.2) is 0 Å². The molecule has 1 rings (SSSR count). The fourth-order valence-corrected chi connectivity index (χ4v) is 2.50. The maximum Gasteiger partial charge on any atom is 0.410 e. The Morgan fingerprint density at radius 3 is 2.27 bits per heavy atom. The molecule has 1 amide bonds. The van der Waals surface area contributed by atoms with Gasteiger partial charge in [-0.3, -0.25) is 0 Å². The first kappa shape index (κ1) is 19.1. The Morgan fingerprint density at radius 2 is 1.77 bits per heavy atom. The normalized spacial score (nSPS) is 12.0. The highest BCUT2D eigenvalue weighted by Gasteiger charge is 2.30. The standard InChI is InChI=1S/C17H27IN2O2/c1-16(2,3)20(15(21)22-17(4,5)6)12-11-19-14-10-8-7-9-13(14)18/h7-10,19H,11-12H2,1-6H3. The van der Waals surface area contributed by atoms with Gasteiger partial charge in [-0.25, -0.2) is 4.79 Å². The van der Waals surface area contributed by atoms with E-state index < -0.39 is 5.60 Å². The lowest BCUT2D eigenvalue weighted by Crippen LogP contribution is -2.49. The molecule has 1 N–H and O–H groups in total. The molecule has 0 bridgehead atoms. The Hall–Kier alpha value is -0.980. The van der Waals surface area contributed by atoms with Crippen molar-refractivity contribution in [2.75, 3.05) is 18.4 Å². The SMILES string of the molecule is CC(C)(C)OC(=O)N(CCNc1ccccc1I)C(C)(C)C. The Labute approximate surface area is 147 Å². The van der Waals surface area contributed by atoms with Crippen molar-refractivity contribution in [3.8, 4) is 0 Å². The number of benzene rings is 1. The Bertz CT molecular complexity index is 504. The van der Waals surface area contributed by atoms with Crippen molar-refractivity contribution in [3.05, 3.63) is 27.8 Å². The molecule has 0 spiro atoms. The summed E-state index contributed by atoms with van der Waals surface area (Å²) in [5, 5.41) is 3.38. The van der Waals surface area contributed by atoms with Crippen molar-refractivity contribution >= 4 is 34.4 Å². The van der Waals surface area contributed by atoms with Gasteiger partial charge in [-0.15, -0.1) is 0 Å². The van der Waals surface area contributed by atoms with Crippen LogP contribution >= 0.6 is 22.6 Å². The van der Waals surface area contributed by atoms with Crippen molar-refractivity contribution in [1.29, 1.82) is 0 Å². The van der Waals surface area contributed by atoms with Gasteiger partial charge in [-0.1, -0.05) is 12.1 Å². The lowest BCUT2D eigenvalue weighted by Gasteiger charge is -2.37. The number of halogens is 1. The number of para-hydroxylation sites is 1. The van der Waals surface area contributed by atoms with Gasteiger partial charge in [0, 0.05) is 27.9 Å². The number of nitrogens with zero attached hydrogens (tertiary/aromatic N) is 1. The monoisotopic (exact) mass is 418 g/mol. The van der Waals surface area contributed by atoms with Crippen molar-refractivity contribution in [2.24, 2.45) is 0 Å². The van der Waals surface area contributed by atoms with E-state index in [1.165, 1.54) is 3.57 Å². The van der Waals surface area contributed by atoms with E-state index in [4.69, 9.17) is 4.74 Å². The van der Waals surface area contributed by atoms with Crippen LogP contribution in [0.25, 0.3) is 0 Å². The predicted molar refractivity (Wildman–Crippen MR) is 100 cm³/mol. The zero-order chi connectivity index (χ0) is 17.0. The molecule has 0 atom stereocenters. The fourth-order valence-electron chi connectivity index (χ4n) is 1.92. The average molecular weight is 418 g/mol. The minimum absolute atomic E-state index is 0.274. The van der Waals surface area contributed by atoms with Crippen LogP contribution in [0.5, 0.6) is 0 Å². The second-order valence-electron chi connectivity index (χ2n) is 7.21. The number of hydrogen-bond donors (Lipinski definition) is 1. The molecule has 22 heavy (non-hydrogen) atoms. The maximum absolute atomic E-state index is 12.4. The van der Waals surface area contributed by atoms with Crippen LogP contribution in [0, 0.1) is 3.57 Å². The number of hydrogen-bond acceptors (Lipinski definition) is 3. The number of anilines is 1. The van der Waals surface area contributed by atoms with Crippen LogP contribution < -0.4 is 5.32 Å². The molecule has 0 heterocycles. The molecular formula is C17H27IN2O2. The smallest absolute Gasteiger partial charge is 0.410 e. The summed E-state index contributed by atoms with van der Waals surface area (Å²) >= 11 is 2.30. The van der Waals surface area contributed by atoms with Gasteiger partial charge in [-0.2, -0.15) is 0 Å². The van der Waals surface area contributed by atoms with Crippen molar-refractivity contribution in [1.82, 2.24) is 4.90 Å². The van der Waals surface area contributed by atoms with Crippen molar-refractivity contribution in [2.45, 2.75) is 52.7 Å². The van der Waals surface area contributed by atoms with Gasteiger partial charge >= 0.3 is 6.09 Å². The molecule has 0 fully saturated rings. The van der Waals surface area contributed by atoms with E-state index in [1.807, 2.05) is 59.7 Å². The number of carbonyl (C=O) groups is 1. The fraction of sp³-hybridized carbons (Fsp3) is 0.588. The highest BCUT2D eigenvalue weighted by molar-refractivity contribution is 14.1. The summed E-state index contributed by atoms with van der Waals surface area (Å²) in [5.74, 6) is 0. The summed E-state index contributed by atoms with van der Waals surface area (Å²) in [5.41, 5.74) is 0.317. The number of nitrogens with one attached hydrogen (secondary N) is 1. The molecule has 0 aliphatic heterocycles. The van der Waals surface area contributed by atoms with Gasteiger partial charge in [0.05, 0.1) is 0 Å². The molecule has 4 nitrogen and oxygen atoms in total. The van der Waals surface area contributed by atoms with Crippen LogP contribution in [0.15, 0.2) is 24.3 Å². The molecule has 1 aromatic rings. The number of ether oxygens (including phenoxy) is 1. The van der Waals surface area contributed by atoms with Crippen LogP contribution in [-0.4, -0.2) is 35.2 Å². The summed E-state index contributed by atoms with van der Waals surface area (Å²) in [6.07, 6.45) is -0.274. The van der Waals surface area contributed by atoms with Crippen LogP contribution in [0.4, 0.5) is 10.5 Å². The predicted octanol–water partition coefficient (Wildman–Crippen LogP) is 4.74. The quantitative estimate of drug-likeness (QED) is 0.719. The van der Waals surface area contributed by atoms with Crippen molar-refractivity contribution < 1.29 is 9.53 Å². The summed E-state index contributed by atoms with van der Waals surface area (Å²) < 4.78 is 6.68. The zero-order valence-corrected chi connectivity index (χ0v) is 16.5. The largest absolute Gasteiger partial charge is 0.444 e. The molecule has 0 saturated heterocycles. The summed E-state index contributed by atoms with van der Waals surface area (Å²) in [6, 6.07) is 8.10. The minimum Gasteiger partial charge on any atom is -0.444 e. The zero-order valence-electron chi connectivity index (χ0n) is 14.4. The first-order valence-corrected chi connectivity index (χ1v) is 8.57. The number of rotatable bonds is 4. The van der Waals surface area contributed by atoms with Gasteiger partial charge in [0.25, 0.3) is 0 Å². The summed E-state index contributed by atoms with van der Waals surface area (Å²) in [6.45, 7) is 13.0. The first-order valence-electron chi connectivity index (χ1n) is 7.50. The molecule has 0 aromatic heterocycles. The van der Waals surface area contributed by atoms with Gasteiger partial charge in [-0.05, 0) is 76.3 Å². The first-order chi connectivity index (χ1) is 10.0. The van der Waals surface area contributed by atoms with Crippen molar-refractivity contribution in [3.63, 3.8) is 0 Å². The van der Waals surface area contributed by atoms with Crippen LogP contribution in [0.2, 0.25) is 0 Å². The second kappa shape index (κ2) is 7.53. The third-order valence-corrected chi connectivity index (χ3v) is 3.89. The molecule has 124 valence electrons. The third-order valence-electron chi connectivity index (χ3n) is 2.95. The molecule has 5 heteroatoms. The minimum atomic E-state index is -0.483. The van der Waals surface area contributed by atoms with E-state index in [0.717, 1.165) is 5.69 Å². The molecule has 0 radical (unpaired) electrons. The van der Waals surface area contributed by atoms with Gasteiger partial charge < -0.3 is 15.0 Å². The molecular weight excluding hydrogens is 391 g/mol. The van der Waals surface area contributed by atoms with E-state index in [1.54, 1.807) is 4.90 Å². The highest BCUT2D eigenvalue weighted by Crippen LogP contribution is 2.19. The Kier molecular flexibility index (Phi) is 6.52. The summed E-state index contributed by atoms with van der Waals surface area (Å²) in [4.78, 5) is 14.2. The Balaban J connectivity index is 2.67. The van der Waals surface area contributed by atoms with Crippen LogP contribution in [0.3, 0.4) is 0 Å². The summed E-state index contributed by atoms with van der Waals surface area (Å²) in [7, 11) is 0. The third kappa shape index (κ3) is 6.42. The van der Waals surface area contributed by atoms with E-state index in [0.29, 0.717) is 13.1 Å². The number of carbonyl (C=O) groups excluding carboxylic acids is 1. The van der Waals surface area contributed by atoms with Gasteiger partial charge in [0.2, 0.25) is 0 Å². The lowest BCUT2D eigenvalue weighted by molar-refractivity contribution is 0.00749. The second-order valence-corrected chi connectivity index (χ2v) is 8.37. The van der Waals surface area contributed by atoms with Gasteiger partial charge in [0.1, 0.15) is 5.60 Å². The molecule has 0 saturated carbocycles. The van der Waals surface area contributed by atoms with E-state index >= 15 is 0 Å².